The summed E-state index contributed by atoms with van der Waals surface area (Å²) in [5, 5.41) is 9.52. The number of pyridine rings is 1. The Balaban J connectivity index is 1.94. The number of aliphatic hydroxyl groups is 1. The van der Waals surface area contributed by atoms with Crippen molar-refractivity contribution >= 4 is 5.91 Å². The van der Waals surface area contributed by atoms with E-state index in [0.29, 0.717) is 17.0 Å². The lowest BCUT2D eigenvalue weighted by molar-refractivity contribution is 0.0703. The van der Waals surface area contributed by atoms with Crippen LogP contribution in [-0.2, 0) is 13.1 Å². The van der Waals surface area contributed by atoms with Crippen molar-refractivity contribution in [3.05, 3.63) is 87.4 Å². The normalized spacial score (nSPS) is 10.7. The molecule has 3 aromatic rings. The first kappa shape index (κ1) is 22.2. The van der Waals surface area contributed by atoms with E-state index in [2.05, 4.69) is 9.97 Å². The average molecular weight is 422 g/mol. The zero-order chi connectivity index (χ0) is 22.4. The molecule has 31 heavy (non-hydrogen) atoms. The van der Waals surface area contributed by atoms with E-state index in [4.69, 9.17) is 4.74 Å². The topological polar surface area (TPSA) is 97.6 Å². The van der Waals surface area contributed by atoms with Crippen LogP contribution in [-0.4, -0.2) is 50.7 Å². The monoisotopic (exact) mass is 422 g/mol. The van der Waals surface area contributed by atoms with E-state index in [-0.39, 0.29) is 31.8 Å². The molecule has 0 bridgehead atoms. The lowest BCUT2D eigenvalue weighted by Crippen LogP contribution is -2.38. The molecule has 2 heterocycles. The number of aromatic nitrogens is 3. The summed E-state index contributed by atoms with van der Waals surface area (Å²) in [6.07, 6.45) is 4.90. The number of carbonyl (C=O) groups excluding carboxylic acids is 1. The lowest BCUT2D eigenvalue weighted by Gasteiger charge is -2.24. The molecule has 1 aromatic carbocycles. The van der Waals surface area contributed by atoms with Crippen molar-refractivity contribution in [3.63, 3.8) is 0 Å². The summed E-state index contributed by atoms with van der Waals surface area (Å²) in [4.78, 5) is 36.5. The molecular weight excluding hydrogens is 396 g/mol. The number of rotatable bonds is 8. The molecule has 3 rings (SSSR count). The van der Waals surface area contributed by atoms with Crippen molar-refractivity contribution in [2.75, 3.05) is 20.3 Å². The molecule has 2 aromatic heterocycles. The van der Waals surface area contributed by atoms with Gasteiger partial charge < -0.3 is 19.3 Å². The Morgan fingerprint density at radius 3 is 2.61 bits per heavy atom. The number of para-hydroxylation sites is 1. The Morgan fingerprint density at radius 1 is 1.16 bits per heavy atom. The van der Waals surface area contributed by atoms with Gasteiger partial charge in [0.25, 0.3) is 11.5 Å². The molecule has 0 atom stereocenters. The highest BCUT2D eigenvalue weighted by Gasteiger charge is 2.23. The van der Waals surface area contributed by atoms with Crippen molar-refractivity contribution in [1.29, 1.82) is 0 Å². The molecule has 0 saturated carbocycles. The standard InChI is InChI=1S/C23H26N4O4/c1-16-8-9-26(15-19-13-24-17(2)12-25-19)22(29)21(16)23(30)27(10-11-28)14-18-6-4-5-7-20(18)31-3/h4-9,12-13,28H,10-11,14-15H2,1-3H3. The first-order valence-electron chi connectivity index (χ1n) is 9.94. The quantitative estimate of drug-likeness (QED) is 0.596. The second kappa shape index (κ2) is 9.99. The third kappa shape index (κ3) is 5.16. The molecule has 0 radical (unpaired) electrons. The molecule has 8 nitrogen and oxygen atoms in total. The number of hydrogen-bond donors (Lipinski definition) is 1. The van der Waals surface area contributed by atoms with Crippen LogP contribution in [0.4, 0.5) is 0 Å². The number of aryl methyl sites for hydroxylation is 2. The van der Waals surface area contributed by atoms with Gasteiger partial charge in [-0.05, 0) is 31.5 Å². The minimum absolute atomic E-state index is 0.0749. The fourth-order valence-electron chi connectivity index (χ4n) is 3.30. The Bertz CT molecular complexity index is 1110. The Kier molecular flexibility index (Phi) is 7.15. The van der Waals surface area contributed by atoms with E-state index >= 15 is 0 Å². The highest BCUT2D eigenvalue weighted by Crippen LogP contribution is 2.20. The number of nitrogens with zero attached hydrogens (tertiary/aromatic N) is 4. The highest BCUT2D eigenvalue weighted by atomic mass is 16.5. The lowest BCUT2D eigenvalue weighted by atomic mass is 10.1. The molecule has 1 N–H and O–H groups in total. The molecule has 0 fully saturated rings. The summed E-state index contributed by atoms with van der Waals surface area (Å²) < 4.78 is 6.82. The maximum absolute atomic E-state index is 13.4. The van der Waals surface area contributed by atoms with Gasteiger partial charge in [0.1, 0.15) is 11.3 Å². The highest BCUT2D eigenvalue weighted by molar-refractivity contribution is 5.95. The number of hydrogen-bond acceptors (Lipinski definition) is 6. The predicted molar refractivity (Wildman–Crippen MR) is 116 cm³/mol. The number of benzene rings is 1. The van der Waals surface area contributed by atoms with Crippen molar-refractivity contribution in [1.82, 2.24) is 19.4 Å². The smallest absolute Gasteiger partial charge is 0.264 e. The van der Waals surface area contributed by atoms with Crippen LogP contribution >= 0.6 is 0 Å². The fourth-order valence-corrected chi connectivity index (χ4v) is 3.30. The number of carbonyl (C=O) groups is 1. The summed E-state index contributed by atoms with van der Waals surface area (Å²) in [6, 6.07) is 9.08. The largest absolute Gasteiger partial charge is 0.496 e. The van der Waals surface area contributed by atoms with Gasteiger partial charge in [-0.2, -0.15) is 0 Å². The van der Waals surface area contributed by atoms with Gasteiger partial charge in [-0.15, -0.1) is 0 Å². The number of aliphatic hydroxyl groups excluding tert-OH is 1. The molecular formula is C23H26N4O4. The molecule has 0 aliphatic heterocycles. The summed E-state index contributed by atoms with van der Waals surface area (Å²) in [5.41, 5.74) is 2.43. The number of ether oxygens (including phenoxy) is 1. The summed E-state index contributed by atoms with van der Waals surface area (Å²) >= 11 is 0. The van der Waals surface area contributed by atoms with Crippen LogP contribution in [0.15, 0.2) is 53.7 Å². The van der Waals surface area contributed by atoms with E-state index in [1.807, 2.05) is 25.1 Å². The van der Waals surface area contributed by atoms with Crippen LogP contribution in [0.5, 0.6) is 5.75 Å². The van der Waals surface area contributed by atoms with E-state index in [1.165, 1.54) is 9.47 Å². The van der Waals surface area contributed by atoms with Crippen molar-refractivity contribution in [2.24, 2.45) is 0 Å². The number of amides is 1. The summed E-state index contributed by atoms with van der Waals surface area (Å²) in [6.45, 7) is 3.85. The van der Waals surface area contributed by atoms with Crippen molar-refractivity contribution in [3.8, 4) is 5.75 Å². The maximum atomic E-state index is 13.4. The van der Waals surface area contributed by atoms with E-state index in [9.17, 15) is 14.7 Å². The van der Waals surface area contributed by atoms with Gasteiger partial charge in [0.2, 0.25) is 0 Å². The van der Waals surface area contributed by atoms with Gasteiger partial charge in [-0.3, -0.25) is 19.6 Å². The second-order valence-electron chi connectivity index (χ2n) is 7.22. The molecule has 0 spiro atoms. The van der Waals surface area contributed by atoms with E-state index in [1.54, 1.807) is 44.8 Å². The summed E-state index contributed by atoms with van der Waals surface area (Å²) in [7, 11) is 1.56. The van der Waals surface area contributed by atoms with Crippen LogP contribution in [0.3, 0.4) is 0 Å². The number of methoxy groups -OCH3 is 1. The molecule has 0 saturated heterocycles. The predicted octanol–water partition coefficient (Wildman–Crippen LogP) is 1.95. The van der Waals surface area contributed by atoms with Crippen LogP contribution < -0.4 is 10.3 Å². The minimum Gasteiger partial charge on any atom is -0.496 e. The third-order valence-electron chi connectivity index (χ3n) is 4.97. The van der Waals surface area contributed by atoms with Crippen LogP contribution in [0, 0.1) is 13.8 Å². The SMILES string of the molecule is COc1ccccc1CN(CCO)C(=O)c1c(C)ccn(Cc2cnc(C)cn2)c1=O. The molecule has 1 amide bonds. The molecule has 8 heteroatoms. The maximum Gasteiger partial charge on any atom is 0.264 e. The molecule has 0 unspecified atom stereocenters. The van der Waals surface area contributed by atoms with E-state index in [0.717, 1.165) is 11.3 Å². The van der Waals surface area contributed by atoms with Crippen molar-refractivity contribution in [2.45, 2.75) is 26.9 Å². The van der Waals surface area contributed by atoms with Gasteiger partial charge >= 0.3 is 0 Å². The van der Waals surface area contributed by atoms with Gasteiger partial charge in [0, 0.05) is 31.0 Å². The second-order valence-corrected chi connectivity index (χ2v) is 7.22. The minimum atomic E-state index is -0.438. The third-order valence-corrected chi connectivity index (χ3v) is 4.97. The molecule has 0 aliphatic carbocycles. The zero-order valence-corrected chi connectivity index (χ0v) is 17.9. The molecule has 0 aliphatic rings. The van der Waals surface area contributed by atoms with Crippen LogP contribution in [0.2, 0.25) is 0 Å². The summed E-state index contributed by atoms with van der Waals surface area (Å²) in [5.74, 6) is 0.199. The Hall–Kier alpha value is -3.52. The van der Waals surface area contributed by atoms with Gasteiger partial charge in [-0.1, -0.05) is 18.2 Å². The van der Waals surface area contributed by atoms with Crippen LogP contribution in [0.25, 0.3) is 0 Å². The first-order valence-corrected chi connectivity index (χ1v) is 9.94. The first-order chi connectivity index (χ1) is 14.9. The van der Waals surface area contributed by atoms with E-state index < -0.39 is 11.5 Å². The average Bonchev–Trinajstić information content (AvgIpc) is 2.77. The van der Waals surface area contributed by atoms with Gasteiger partial charge in [-0.25, -0.2) is 0 Å². The zero-order valence-electron chi connectivity index (χ0n) is 17.9. The van der Waals surface area contributed by atoms with Gasteiger partial charge in [0.15, 0.2) is 0 Å². The van der Waals surface area contributed by atoms with Crippen LogP contribution in [0.1, 0.15) is 32.9 Å². The molecule has 162 valence electrons. The fraction of sp³-hybridized carbons (Fsp3) is 0.304. The Labute approximate surface area is 180 Å². The van der Waals surface area contributed by atoms with Crippen molar-refractivity contribution < 1.29 is 14.6 Å². The van der Waals surface area contributed by atoms with Gasteiger partial charge in [0.05, 0.1) is 37.8 Å². The Morgan fingerprint density at radius 2 is 1.94 bits per heavy atom.